The molecule has 3 aliphatic heterocycles. The highest BCUT2D eigenvalue weighted by Crippen LogP contribution is 2.63. The largest absolute Gasteiger partial charge is 0.465 e. The van der Waals surface area contributed by atoms with Crippen LogP contribution >= 0.6 is 0 Å². The summed E-state index contributed by atoms with van der Waals surface area (Å²) in [5.41, 5.74) is -1.03. The first kappa shape index (κ1) is 26.1. The molecule has 1 aromatic carbocycles. The number of rotatable bonds is 12. The van der Waals surface area contributed by atoms with Crippen LogP contribution in [0.15, 0.2) is 55.6 Å². The van der Waals surface area contributed by atoms with Crippen molar-refractivity contribution in [1.29, 1.82) is 0 Å². The van der Waals surface area contributed by atoms with Crippen LogP contribution in [0.3, 0.4) is 0 Å². The number of amides is 2. The van der Waals surface area contributed by atoms with Crippen molar-refractivity contribution in [2.24, 2.45) is 11.8 Å². The maximum Gasteiger partial charge on any atom is 0.312 e. The lowest BCUT2D eigenvalue weighted by Crippen LogP contribution is -2.56. The smallest absolute Gasteiger partial charge is 0.312 e. The predicted octanol–water partition coefficient (Wildman–Crippen LogP) is 2.47. The van der Waals surface area contributed by atoms with Gasteiger partial charge in [0.25, 0.3) is 0 Å². The van der Waals surface area contributed by atoms with Crippen LogP contribution in [-0.2, 0) is 30.4 Å². The van der Waals surface area contributed by atoms with Gasteiger partial charge in [0.2, 0.25) is 11.8 Å². The number of benzene rings is 1. The summed E-state index contributed by atoms with van der Waals surface area (Å²) >= 11 is 0. The van der Waals surface area contributed by atoms with Crippen LogP contribution in [0.2, 0.25) is 0 Å². The van der Waals surface area contributed by atoms with Gasteiger partial charge in [-0.1, -0.05) is 42.5 Å². The van der Waals surface area contributed by atoms with Gasteiger partial charge < -0.3 is 24.4 Å². The molecule has 2 unspecified atom stereocenters. The second kappa shape index (κ2) is 10.6. The Hall–Kier alpha value is -2.97. The molecule has 2 bridgehead atoms. The lowest BCUT2D eigenvalue weighted by molar-refractivity contribution is -0.160. The van der Waals surface area contributed by atoms with E-state index in [9.17, 15) is 19.5 Å². The Kier molecular flexibility index (Phi) is 7.66. The molecule has 3 aliphatic rings. The van der Waals surface area contributed by atoms with Crippen molar-refractivity contribution in [2.45, 2.75) is 56.4 Å². The molecular formula is C28H36N2O6. The molecule has 5 atom stereocenters. The molecule has 0 saturated carbocycles. The highest BCUT2D eigenvalue weighted by molar-refractivity contribution is 5.98. The molecule has 36 heavy (non-hydrogen) atoms. The third-order valence-electron chi connectivity index (χ3n) is 7.77. The van der Waals surface area contributed by atoms with Gasteiger partial charge in [0.1, 0.15) is 17.6 Å². The van der Waals surface area contributed by atoms with Crippen molar-refractivity contribution in [3.8, 4) is 0 Å². The van der Waals surface area contributed by atoms with Crippen LogP contribution in [0.4, 0.5) is 0 Å². The zero-order valence-corrected chi connectivity index (χ0v) is 20.9. The van der Waals surface area contributed by atoms with E-state index >= 15 is 0 Å². The summed E-state index contributed by atoms with van der Waals surface area (Å²) in [4.78, 5) is 44.5. The number of aliphatic hydroxyl groups is 1. The number of hydrogen-bond donors (Lipinski definition) is 1. The Balaban J connectivity index is 1.70. The monoisotopic (exact) mass is 496 g/mol. The topological polar surface area (TPSA) is 96.4 Å². The summed E-state index contributed by atoms with van der Waals surface area (Å²) in [6.45, 7) is 10.3. The van der Waals surface area contributed by atoms with E-state index in [0.717, 1.165) is 5.56 Å². The lowest BCUT2D eigenvalue weighted by atomic mass is 9.66. The van der Waals surface area contributed by atoms with Gasteiger partial charge in [-0.05, 0) is 38.2 Å². The van der Waals surface area contributed by atoms with Crippen molar-refractivity contribution < 1.29 is 29.0 Å². The second-order valence-corrected chi connectivity index (χ2v) is 10.1. The molecule has 0 aromatic heterocycles. The number of fused-ring (bicyclic) bond motifs is 1. The molecule has 8 nitrogen and oxygen atoms in total. The van der Waals surface area contributed by atoms with E-state index in [1.165, 1.54) is 4.90 Å². The van der Waals surface area contributed by atoms with Crippen molar-refractivity contribution in [2.75, 3.05) is 26.3 Å². The van der Waals surface area contributed by atoms with Crippen LogP contribution in [0.25, 0.3) is 0 Å². The summed E-state index contributed by atoms with van der Waals surface area (Å²) in [7, 11) is 0. The summed E-state index contributed by atoms with van der Waals surface area (Å²) in [6.07, 6.45) is 5.22. The van der Waals surface area contributed by atoms with Crippen molar-refractivity contribution in [3.05, 3.63) is 61.2 Å². The molecule has 4 rings (SSSR count). The van der Waals surface area contributed by atoms with Crippen molar-refractivity contribution in [1.82, 2.24) is 9.80 Å². The average molecular weight is 497 g/mol. The number of carbonyl (C=O) groups excluding carboxylic acids is 3. The third kappa shape index (κ3) is 4.37. The first-order valence-corrected chi connectivity index (χ1v) is 12.7. The van der Waals surface area contributed by atoms with Gasteiger partial charge in [0.05, 0.1) is 18.1 Å². The summed E-state index contributed by atoms with van der Waals surface area (Å²) < 4.78 is 12.1. The first-order valence-electron chi connectivity index (χ1n) is 12.7. The molecule has 1 spiro atoms. The predicted molar refractivity (Wildman–Crippen MR) is 133 cm³/mol. The van der Waals surface area contributed by atoms with Gasteiger partial charge in [-0.15, -0.1) is 13.2 Å². The fourth-order valence-electron chi connectivity index (χ4n) is 6.24. The molecule has 1 N–H and O–H groups in total. The fraction of sp³-hybridized carbons (Fsp3) is 0.536. The van der Waals surface area contributed by atoms with Crippen LogP contribution in [0.1, 0.15) is 38.2 Å². The minimum Gasteiger partial charge on any atom is -0.465 e. The number of hydrogen-bond acceptors (Lipinski definition) is 6. The van der Waals surface area contributed by atoms with Crippen molar-refractivity contribution >= 4 is 17.8 Å². The number of nitrogens with zero attached hydrogens (tertiary/aromatic N) is 2. The molecule has 8 heteroatoms. The van der Waals surface area contributed by atoms with Gasteiger partial charge in [-0.25, -0.2) is 0 Å². The van der Waals surface area contributed by atoms with E-state index in [-0.39, 0.29) is 31.6 Å². The zero-order chi connectivity index (χ0) is 25.9. The second-order valence-electron chi connectivity index (χ2n) is 10.1. The quantitative estimate of drug-likeness (QED) is 0.271. The minimum atomic E-state index is -1.11. The zero-order valence-electron chi connectivity index (χ0n) is 20.9. The van der Waals surface area contributed by atoms with Crippen LogP contribution in [0, 0.1) is 11.8 Å². The minimum absolute atomic E-state index is 0.117. The SMILES string of the molecule is C=CCCOC(=O)[C@H]1[C@H]2C(=O)N(CCCO)C(C(=O)N(CC=C)Cc3ccccc3)C23CC[C@]1(C)O3. The van der Waals surface area contributed by atoms with Gasteiger partial charge in [0.15, 0.2) is 0 Å². The normalized spacial score (nSPS) is 30.2. The third-order valence-corrected chi connectivity index (χ3v) is 7.77. The van der Waals surface area contributed by atoms with Gasteiger partial charge in [-0.3, -0.25) is 14.4 Å². The molecule has 2 amide bonds. The Labute approximate surface area is 212 Å². The van der Waals surface area contributed by atoms with E-state index in [1.807, 2.05) is 37.3 Å². The fourth-order valence-corrected chi connectivity index (χ4v) is 6.24. The van der Waals surface area contributed by atoms with Gasteiger partial charge >= 0.3 is 5.97 Å². The highest BCUT2D eigenvalue weighted by atomic mass is 16.6. The summed E-state index contributed by atoms with van der Waals surface area (Å²) in [6, 6.07) is 8.75. The molecule has 194 valence electrons. The standard InChI is InChI=1S/C28H36N2O6/c1-4-6-18-35-26(34)22-21-24(32)30(16-10-17-31)23(28(21)14-13-27(22,3)36-28)25(33)29(15-5-2)19-20-11-8-7-9-12-20/h4-5,7-9,11-12,21-23,31H,1-2,6,10,13-19H2,3H3/t21-,22+,23?,27-,28?/m0/s1. The van der Waals surface area contributed by atoms with E-state index in [4.69, 9.17) is 9.47 Å². The summed E-state index contributed by atoms with van der Waals surface area (Å²) in [5.74, 6) is -2.59. The van der Waals surface area contributed by atoms with E-state index in [2.05, 4.69) is 13.2 Å². The van der Waals surface area contributed by atoms with E-state index in [1.54, 1.807) is 17.1 Å². The Morgan fingerprint density at radius 2 is 2.00 bits per heavy atom. The number of esters is 1. The van der Waals surface area contributed by atoms with Gasteiger partial charge in [-0.2, -0.15) is 0 Å². The molecule has 0 aliphatic carbocycles. The number of ether oxygens (including phenoxy) is 2. The Morgan fingerprint density at radius 1 is 1.25 bits per heavy atom. The molecule has 3 heterocycles. The maximum atomic E-state index is 14.2. The van der Waals surface area contributed by atoms with Gasteiger partial charge in [0, 0.05) is 26.2 Å². The Bertz CT molecular complexity index is 1010. The molecule has 0 radical (unpaired) electrons. The maximum absolute atomic E-state index is 14.2. The van der Waals surface area contributed by atoms with Crippen molar-refractivity contribution in [3.63, 3.8) is 0 Å². The Morgan fingerprint density at radius 3 is 2.67 bits per heavy atom. The summed E-state index contributed by atoms with van der Waals surface area (Å²) in [5, 5.41) is 9.50. The molecule has 3 fully saturated rings. The van der Waals surface area contributed by atoms with Crippen LogP contribution in [0.5, 0.6) is 0 Å². The number of carbonyl (C=O) groups is 3. The van der Waals surface area contributed by atoms with Crippen LogP contribution < -0.4 is 0 Å². The van der Waals surface area contributed by atoms with Crippen LogP contribution in [-0.4, -0.2) is 76.2 Å². The number of likely N-dealkylation sites (tertiary alicyclic amines) is 1. The number of aliphatic hydroxyl groups excluding tert-OH is 1. The van der Waals surface area contributed by atoms with E-state index < -0.39 is 35.0 Å². The molecule has 1 aromatic rings. The first-order chi connectivity index (χ1) is 17.3. The highest BCUT2D eigenvalue weighted by Gasteiger charge is 2.78. The van der Waals surface area contributed by atoms with E-state index in [0.29, 0.717) is 38.8 Å². The average Bonchev–Trinajstić information content (AvgIpc) is 3.43. The lowest BCUT2D eigenvalue weighted by Gasteiger charge is -2.36. The molecular weight excluding hydrogens is 460 g/mol. The molecule has 3 saturated heterocycles.